The van der Waals surface area contributed by atoms with Crippen molar-refractivity contribution >= 4 is 12.1 Å². The Bertz CT molecular complexity index is 1040. The van der Waals surface area contributed by atoms with Crippen molar-refractivity contribution in [3.8, 4) is 11.4 Å². The molecule has 7 heteroatoms. The van der Waals surface area contributed by atoms with E-state index in [0.29, 0.717) is 23.7 Å². The molecule has 1 aromatic heterocycles. The van der Waals surface area contributed by atoms with E-state index in [-0.39, 0.29) is 11.6 Å². The van der Waals surface area contributed by atoms with E-state index in [1.807, 2.05) is 44.2 Å². The number of anilines is 1. The number of rotatable bonds is 8. The van der Waals surface area contributed by atoms with E-state index in [9.17, 15) is 9.59 Å². The highest BCUT2D eigenvalue weighted by Crippen LogP contribution is 2.15. The van der Waals surface area contributed by atoms with Gasteiger partial charge in [-0.3, -0.25) is 19.1 Å². The highest BCUT2D eigenvalue weighted by molar-refractivity contribution is 5.75. The molecule has 2 aromatic carbocycles. The number of para-hydroxylation sites is 1. The molecule has 0 saturated carbocycles. The van der Waals surface area contributed by atoms with Gasteiger partial charge in [0.15, 0.2) is 5.82 Å². The molecule has 0 bridgehead atoms. The Balaban J connectivity index is 0.00000149. The fraction of sp³-hybridized carbons (Fsp3) is 0.346. The zero-order chi connectivity index (χ0) is 23.5. The summed E-state index contributed by atoms with van der Waals surface area (Å²) in [6.07, 6.45) is 5.92. The smallest absolute Gasteiger partial charge is 0.297 e. The van der Waals surface area contributed by atoms with Crippen LogP contribution in [0.3, 0.4) is 0 Å². The van der Waals surface area contributed by atoms with Gasteiger partial charge in [0, 0.05) is 49.3 Å². The minimum absolute atomic E-state index is 0.194. The molecule has 1 saturated heterocycles. The molecule has 1 N–H and O–H groups in total. The first-order valence-corrected chi connectivity index (χ1v) is 11.5. The number of hydrogen-bond donors (Lipinski definition) is 1. The van der Waals surface area contributed by atoms with E-state index >= 15 is 0 Å². The summed E-state index contributed by atoms with van der Waals surface area (Å²) in [5.74, 6) is 1.25. The summed E-state index contributed by atoms with van der Waals surface area (Å²) in [5.41, 5.74) is 1.08. The first kappa shape index (κ1) is 24.2. The number of nitrogens with zero attached hydrogens (tertiary/aromatic N) is 3. The van der Waals surface area contributed by atoms with Gasteiger partial charge in [0.1, 0.15) is 18.6 Å². The van der Waals surface area contributed by atoms with Crippen LogP contribution in [-0.4, -0.2) is 53.0 Å². The Morgan fingerprint density at radius 2 is 1.76 bits per heavy atom. The van der Waals surface area contributed by atoms with Gasteiger partial charge in [0.2, 0.25) is 0 Å². The van der Waals surface area contributed by atoms with Gasteiger partial charge in [-0.1, -0.05) is 32.0 Å². The van der Waals surface area contributed by atoms with Crippen LogP contribution in [0, 0.1) is 0 Å². The normalized spacial score (nSPS) is 14.1. The third kappa shape index (κ3) is 6.76. The van der Waals surface area contributed by atoms with Gasteiger partial charge in [-0.15, -0.1) is 0 Å². The molecule has 7 nitrogen and oxygen atoms in total. The average molecular weight is 449 g/mol. The van der Waals surface area contributed by atoms with Crippen molar-refractivity contribution in [3.63, 3.8) is 0 Å². The first-order valence-electron chi connectivity index (χ1n) is 11.5. The number of nitrogens with one attached hydrogen (secondary N) is 1. The largest absolute Gasteiger partial charge is 0.492 e. The summed E-state index contributed by atoms with van der Waals surface area (Å²) in [4.78, 5) is 30.4. The quantitative estimate of drug-likeness (QED) is 0.525. The van der Waals surface area contributed by atoms with Crippen LogP contribution in [0.2, 0.25) is 0 Å². The third-order valence-corrected chi connectivity index (χ3v) is 5.50. The van der Waals surface area contributed by atoms with Crippen LogP contribution >= 0.6 is 0 Å². The van der Waals surface area contributed by atoms with Crippen LogP contribution in [0.5, 0.6) is 5.75 Å². The second-order valence-electron chi connectivity index (χ2n) is 7.58. The summed E-state index contributed by atoms with van der Waals surface area (Å²) in [7, 11) is 0. The number of piperidine rings is 1. The van der Waals surface area contributed by atoms with Gasteiger partial charge in [-0.25, -0.2) is 4.98 Å². The van der Waals surface area contributed by atoms with Crippen molar-refractivity contribution in [1.82, 2.24) is 14.5 Å². The van der Waals surface area contributed by atoms with Crippen LogP contribution < -0.4 is 15.6 Å². The molecule has 1 aliphatic heterocycles. The molecule has 174 valence electrons. The molecule has 0 aliphatic carbocycles. The maximum absolute atomic E-state index is 12.9. The van der Waals surface area contributed by atoms with Gasteiger partial charge >= 0.3 is 0 Å². The summed E-state index contributed by atoms with van der Waals surface area (Å²) >= 11 is 0. The summed E-state index contributed by atoms with van der Waals surface area (Å²) in [6.45, 7) is 7.44. The van der Waals surface area contributed by atoms with E-state index in [2.05, 4.69) is 15.2 Å². The molecule has 0 unspecified atom stereocenters. The van der Waals surface area contributed by atoms with E-state index in [1.165, 1.54) is 0 Å². The number of likely N-dealkylation sites (tertiary alicyclic amines) is 1. The lowest BCUT2D eigenvalue weighted by Gasteiger charge is -2.32. The van der Waals surface area contributed by atoms with Crippen molar-refractivity contribution < 1.29 is 9.53 Å². The van der Waals surface area contributed by atoms with Gasteiger partial charge in [0.25, 0.3) is 5.56 Å². The minimum Gasteiger partial charge on any atom is -0.492 e. The number of ether oxygens (including phenoxy) is 1. The van der Waals surface area contributed by atoms with E-state index < -0.39 is 0 Å². The lowest BCUT2D eigenvalue weighted by molar-refractivity contribution is 0.112. The van der Waals surface area contributed by atoms with Crippen LogP contribution in [0.15, 0.2) is 71.8 Å². The topological polar surface area (TPSA) is 76.5 Å². The molecule has 3 aromatic rings. The van der Waals surface area contributed by atoms with Crippen molar-refractivity contribution in [3.05, 3.63) is 82.9 Å². The highest BCUT2D eigenvalue weighted by Gasteiger charge is 2.20. The fourth-order valence-corrected chi connectivity index (χ4v) is 3.73. The summed E-state index contributed by atoms with van der Waals surface area (Å²) in [6, 6.07) is 17.0. The Kier molecular flexibility index (Phi) is 9.20. The second kappa shape index (κ2) is 12.6. The Morgan fingerprint density at radius 3 is 2.42 bits per heavy atom. The molecule has 0 atom stereocenters. The number of carbonyl (C=O) groups excluding carboxylic acids is 1. The lowest BCUT2D eigenvalue weighted by atomic mass is 10.1. The van der Waals surface area contributed by atoms with Gasteiger partial charge in [-0.2, -0.15) is 0 Å². The molecule has 1 aliphatic rings. The van der Waals surface area contributed by atoms with E-state index in [1.54, 1.807) is 41.2 Å². The van der Waals surface area contributed by atoms with Crippen molar-refractivity contribution in [1.29, 1.82) is 0 Å². The van der Waals surface area contributed by atoms with Crippen LogP contribution in [0.1, 0.15) is 37.0 Å². The third-order valence-electron chi connectivity index (χ3n) is 5.50. The highest BCUT2D eigenvalue weighted by atomic mass is 16.5. The molecule has 33 heavy (non-hydrogen) atoms. The predicted molar refractivity (Wildman–Crippen MR) is 132 cm³/mol. The molecule has 1 fully saturated rings. The Labute approximate surface area is 195 Å². The molecular formula is C26H32N4O3. The number of benzene rings is 2. The zero-order valence-electron chi connectivity index (χ0n) is 19.3. The average Bonchev–Trinajstić information content (AvgIpc) is 2.88. The molecule has 0 amide bonds. The number of aldehydes is 1. The van der Waals surface area contributed by atoms with Crippen molar-refractivity contribution in [2.75, 3.05) is 31.6 Å². The van der Waals surface area contributed by atoms with Crippen molar-refractivity contribution in [2.24, 2.45) is 0 Å². The predicted octanol–water partition coefficient (Wildman–Crippen LogP) is 4.03. The Hall–Kier alpha value is -3.45. The van der Waals surface area contributed by atoms with Gasteiger partial charge in [-0.05, 0) is 49.2 Å². The first-order chi connectivity index (χ1) is 16.2. The molecule has 0 spiro atoms. The van der Waals surface area contributed by atoms with E-state index in [0.717, 1.165) is 44.5 Å². The second-order valence-corrected chi connectivity index (χ2v) is 7.58. The maximum atomic E-state index is 12.9. The van der Waals surface area contributed by atoms with Crippen LogP contribution in [0.25, 0.3) is 5.69 Å². The Morgan fingerprint density at radius 1 is 1.06 bits per heavy atom. The SMILES string of the molecule is CC.O=Cc1ccc(-n2ccnc(NC3CCN(CCOc4ccccc4)CC3)c2=O)cc1. The van der Waals surface area contributed by atoms with Gasteiger partial charge < -0.3 is 10.1 Å². The van der Waals surface area contributed by atoms with E-state index in [4.69, 9.17) is 4.74 Å². The molecular weight excluding hydrogens is 416 g/mol. The number of carbonyl (C=O) groups is 1. The van der Waals surface area contributed by atoms with Crippen molar-refractivity contribution in [2.45, 2.75) is 32.7 Å². The monoisotopic (exact) mass is 448 g/mol. The number of hydrogen-bond acceptors (Lipinski definition) is 6. The van der Waals surface area contributed by atoms with Crippen LogP contribution in [-0.2, 0) is 0 Å². The van der Waals surface area contributed by atoms with Crippen LogP contribution in [0.4, 0.5) is 5.82 Å². The number of aromatic nitrogens is 2. The zero-order valence-corrected chi connectivity index (χ0v) is 19.3. The van der Waals surface area contributed by atoms with Gasteiger partial charge in [0.05, 0.1) is 0 Å². The summed E-state index contributed by atoms with van der Waals surface area (Å²) in [5, 5.41) is 3.33. The molecule has 4 rings (SSSR count). The summed E-state index contributed by atoms with van der Waals surface area (Å²) < 4.78 is 7.33. The standard InChI is InChI=1S/C24H26N4O3.C2H6/c29-18-19-6-8-21(9-7-19)28-15-12-25-23(24(28)30)26-20-10-13-27(14-11-20)16-17-31-22-4-2-1-3-5-22;1-2/h1-9,12,15,18,20H,10-11,13-14,16-17H2,(H,25,26);1-2H3. The minimum atomic E-state index is -0.194. The lowest BCUT2D eigenvalue weighted by Crippen LogP contribution is -2.41. The maximum Gasteiger partial charge on any atom is 0.297 e. The fourth-order valence-electron chi connectivity index (χ4n) is 3.73. The molecule has 0 radical (unpaired) electrons. The molecule has 2 heterocycles.